The molecule has 2 amide bonds. The molecule has 0 saturated heterocycles. The summed E-state index contributed by atoms with van der Waals surface area (Å²) in [5.41, 5.74) is 2.52. The van der Waals surface area contributed by atoms with Crippen LogP contribution in [0.2, 0.25) is 0 Å². The van der Waals surface area contributed by atoms with Gasteiger partial charge in [-0.3, -0.25) is 9.59 Å². The van der Waals surface area contributed by atoms with Crippen molar-refractivity contribution in [3.05, 3.63) is 112 Å². The minimum atomic E-state index is -0.543. The fraction of sp³-hybridized carbons (Fsp3) is 0.167. The van der Waals surface area contributed by atoms with Gasteiger partial charge in [0.15, 0.2) is 0 Å². The van der Waals surface area contributed by atoms with E-state index >= 15 is 0 Å². The summed E-state index contributed by atoms with van der Waals surface area (Å²) in [7, 11) is 0. The SMILES string of the molecule is CCCCOC(=O)c1ccc(NC(=O)C(Sc2cccc(NC(=O)c3cccs3)c2)c2ccccc2)cc1. The lowest BCUT2D eigenvalue weighted by molar-refractivity contribution is -0.115. The lowest BCUT2D eigenvalue weighted by atomic mass is 10.1. The van der Waals surface area contributed by atoms with Crippen LogP contribution in [0.25, 0.3) is 0 Å². The van der Waals surface area contributed by atoms with E-state index in [2.05, 4.69) is 10.6 Å². The number of nitrogens with one attached hydrogen (secondary N) is 2. The van der Waals surface area contributed by atoms with E-state index in [1.807, 2.05) is 73.0 Å². The Morgan fingerprint density at radius 1 is 0.868 bits per heavy atom. The molecule has 6 nitrogen and oxygen atoms in total. The minimum absolute atomic E-state index is 0.169. The summed E-state index contributed by atoms with van der Waals surface area (Å²) in [6.07, 6.45) is 1.77. The van der Waals surface area contributed by atoms with Crippen LogP contribution in [0.3, 0.4) is 0 Å². The van der Waals surface area contributed by atoms with Gasteiger partial charge in [-0.05, 0) is 65.9 Å². The summed E-state index contributed by atoms with van der Waals surface area (Å²) in [5.74, 6) is -0.746. The zero-order chi connectivity index (χ0) is 26.7. The maximum absolute atomic E-state index is 13.4. The fourth-order valence-electron chi connectivity index (χ4n) is 3.57. The number of amides is 2. The van der Waals surface area contributed by atoms with Crippen LogP contribution in [0.4, 0.5) is 11.4 Å². The number of carbonyl (C=O) groups excluding carboxylic acids is 3. The van der Waals surface area contributed by atoms with E-state index in [0.717, 1.165) is 23.3 Å². The van der Waals surface area contributed by atoms with Gasteiger partial charge < -0.3 is 15.4 Å². The van der Waals surface area contributed by atoms with Crippen LogP contribution in [0, 0.1) is 0 Å². The number of thioether (sulfide) groups is 1. The van der Waals surface area contributed by atoms with Crippen molar-refractivity contribution in [1.82, 2.24) is 0 Å². The first-order valence-electron chi connectivity index (χ1n) is 12.3. The molecule has 194 valence electrons. The molecule has 4 rings (SSSR count). The van der Waals surface area contributed by atoms with Crippen LogP contribution < -0.4 is 10.6 Å². The fourth-order valence-corrected chi connectivity index (χ4v) is 5.28. The van der Waals surface area contributed by atoms with Crippen molar-refractivity contribution in [3.8, 4) is 0 Å². The van der Waals surface area contributed by atoms with Crippen LogP contribution in [-0.4, -0.2) is 24.4 Å². The summed E-state index contributed by atoms with van der Waals surface area (Å²) in [6, 6.07) is 27.3. The van der Waals surface area contributed by atoms with E-state index in [1.165, 1.54) is 23.1 Å². The van der Waals surface area contributed by atoms with Crippen molar-refractivity contribution >= 4 is 52.3 Å². The number of esters is 1. The molecule has 0 aliphatic carbocycles. The maximum Gasteiger partial charge on any atom is 0.338 e. The Morgan fingerprint density at radius 3 is 2.37 bits per heavy atom. The Labute approximate surface area is 230 Å². The van der Waals surface area contributed by atoms with Crippen LogP contribution in [-0.2, 0) is 9.53 Å². The number of ether oxygens (including phenoxy) is 1. The third-order valence-electron chi connectivity index (χ3n) is 5.55. The molecule has 0 bridgehead atoms. The quantitative estimate of drug-likeness (QED) is 0.117. The molecule has 8 heteroatoms. The second-order valence-corrected chi connectivity index (χ2v) is 10.6. The largest absolute Gasteiger partial charge is 0.462 e. The van der Waals surface area contributed by atoms with Gasteiger partial charge >= 0.3 is 5.97 Å². The first kappa shape index (κ1) is 27.2. The van der Waals surface area contributed by atoms with Gasteiger partial charge in [-0.25, -0.2) is 4.79 Å². The molecular formula is C30H28N2O4S2. The van der Waals surface area contributed by atoms with Crippen LogP contribution in [0.1, 0.15) is 50.6 Å². The lowest BCUT2D eigenvalue weighted by Crippen LogP contribution is -2.19. The van der Waals surface area contributed by atoms with E-state index in [0.29, 0.717) is 28.4 Å². The highest BCUT2D eigenvalue weighted by atomic mass is 32.2. The third-order valence-corrected chi connectivity index (χ3v) is 7.67. The molecule has 1 unspecified atom stereocenters. The monoisotopic (exact) mass is 544 g/mol. The van der Waals surface area contributed by atoms with Gasteiger partial charge in [0.2, 0.25) is 5.91 Å². The number of hydrogen-bond acceptors (Lipinski definition) is 6. The molecule has 4 aromatic rings. The lowest BCUT2D eigenvalue weighted by Gasteiger charge is -2.18. The Bertz CT molecular complexity index is 1360. The van der Waals surface area contributed by atoms with Crippen molar-refractivity contribution in [3.63, 3.8) is 0 Å². The molecule has 0 aliphatic heterocycles. The van der Waals surface area contributed by atoms with Gasteiger partial charge in [0.05, 0.1) is 17.0 Å². The number of thiophene rings is 1. The highest BCUT2D eigenvalue weighted by Crippen LogP contribution is 2.37. The number of rotatable bonds is 11. The van der Waals surface area contributed by atoms with Gasteiger partial charge in [0.1, 0.15) is 5.25 Å². The van der Waals surface area contributed by atoms with Crippen LogP contribution in [0.15, 0.2) is 101 Å². The molecule has 0 fully saturated rings. The Balaban J connectivity index is 1.46. The van der Waals surface area contributed by atoms with Crippen LogP contribution in [0.5, 0.6) is 0 Å². The van der Waals surface area contributed by atoms with E-state index in [-0.39, 0.29) is 17.8 Å². The summed E-state index contributed by atoms with van der Waals surface area (Å²) in [4.78, 5) is 39.5. The second kappa shape index (κ2) is 13.6. The van der Waals surface area contributed by atoms with E-state index < -0.39 is 5.25 Å². The summed E-state index contributed by atoms with van der Waals surface area (Å²) >= 11 is 2.77. The Hall–Kier alpha value is -3.88. The first-order chi connectivity index (χ1) is 18.5. The average molecular weight is 545 g/mol. The van der Waals surface area contributed by atoms with Crippen molar-refractivity contribution < 1.29 is 19.1 Å². The van der Waals surface area contributed by atoms with Gasteiger partial charge in [0, 0.05) is 16.3 Å². The second-order valence-electron chi connectivity index (χ2n) is 8.42. The van der Waals surface area contributed by atoms with Gasteiger partial charge in [-0.15, -0.1) is 23.1 Å². The Morgan fingerprint density at radius 2 is 1.66 bits per heavy atom. The average Bonchev–Trinajstić information content (AvgIpc) is 3.48. The molecule has 38 heavy (non-hydrogen) atoms. The maximum atomic E-state index is 13.4. The summed E-state index contributed by atoms with van der Waals surface area (Å²) in [5, 5.41) is 7.20. The smallest absolute Gasteiger partial charge is 0.338 e. The van der Waals surface area contributed by atoms with Crippen molar-refractivity contribution in [2.24, 2.45) is 0 Å². The zero-order valence-corrected chi connectivity index (χ0v) is 22.5. The van der Waals surface area contributed by atoms with Gasteiger partial charge in [-0.2, -0.15) is 0 Å². The number of hydrogen-bond donors (Lipinski definition) is 2. The topological polar surface area (TPSA) is 84.5 Å². The van der Waals surface area contributed by atoms with Crippen molar-refractivity contribution in [2.75, 3.05) is 17.2 Å². The summed E-state index contributed by atoms with van der Waals surface area (Å²) < 4.78 is 5.25. The first-order valence-corrected chi connectivity index (χ1v) is 14.0. The molecule has 0 saturated carbocycles. The molecule has 1 aromatic heterocycles. The van der Waals surface area contributed by atoms with Crippen molar-refractivity contribution in [1.29, 1.82) is 0 Å². The molecule has 1 atom stereocenters. The predicted octanol–water partition coefficient (Wildman–Crippen LogP) is 7.43. The van der Waals surface area contributed by atoms with Crippen molar-refractivity contribution in [2.45, 2.75) is 29.9 Å². The highest BCUT2D eigenvalue weighted by Gasteiger charge is 2.23. The van der Waals surface area contributed by atoms with E-state index in [9.17, 15) is 14.4 Å². The van der Waals surface area contributed by atoms with Gasteiger partial charge in [0.25, 0.3) is 5.91 Å². The van der Waals surface area contributed by atoms with Gasteiger partial charge in [-0.1, -0.05) is 55.8 Å². The van der Waals surface area contributed by atoms with Crippen LogP contribution >= 0.6 is 23.1 Å². The zero-order valence-electron chi connectivity index (χ0n) is 20.9. The predicted molar refractivity (Wildman–Crippen MR) is 154 cm³/mol. The number of unbranched alkanes of at least 4 members (excludes halogenated alkanes) is 1. The third kappa shape index (κ3) is 7.57. The molecule has 0 radical (unpaired) electrons. The molecule has 3 aromatic carbocycles. The molecule has 0 aliphatic rings. The minimum Gasteiger partial charge on any atom is -0.462 e. The molecule has 2 N–H and O–H groups in total. The molecule has 1 heterocycles. The Kier molecular flexibility index (Phi) is 9.72. The van der Waals surface area contributed by atoms with E-state index in [1.54, 1.807) is 30.3 Å². The molecule has 0 spiro atoms. The summed E-state index contributed by atoms with van der Waals surface area (Å²) in [6.45, 7) is 2.43. The number of carbonyl (C=O) groups is 3. The molecular weight excluding hydrogens is 516 g/mol. The highest BCUT2D eigenvalue weighted by molar-refractivity contribution is 8.00. The number of benzene rings is 3. The standard InChI is InChI=1S/C30H28N2O4S2/c1-2-3-18-36-30(35)22-14-16-23(17-15-22)31-29(34)27(21-9-5-4-6-10-21)38-25-12-7-11-24(20-25)32-28(33)26-13-8-19-37-26/h4-17,19-20,27H,2-3,18H2,1H3,(H,31,34)(H,32,33). The van der Waals surface area contributed by atoms with E-state index in [4.69, 9.17) is 4.74 Å². The number of anilines is 2. The normalized spacial score (nSPS) is 11.4.